The second kappa shape index (κ2) is 6.10. The van der Waals surface area contributed by atoms with Gasteiger partial charge in [0.2, 0.25) is 0 Å². The summed E-state index contributed by atoms with van der Waals surface area (Å²) in [5.74, 6) is 0. The summed E-state index contributed by atoms with van der Waals surface area (Å²) in [7, 11) is -1.03. The van der Waals surface area contributed by atoms with E-state index in [1.165, 1.54) is 26.4 Å². The monoisotopic (exact) mass is 275 g/mol. The summed E-state index contributed by atoms with van der Waals surface area (Å²) in [5, 5.41) is 9.31. The van der Waals surface area contributed by atoms with Gasteiger partial charge in [0.1, 0.15) is 0 Å². The SMILES string of the molecule is COCC(O)CN(C)S(=O)(=O)c1ncccc1N. The first-order valence-corrected chi connectivity index (χ1v) is 6.67. The molecule has 0 radical (unpaired) electrons. The zero-order valence-electron chi connectivity index (χ0n) is 10.3. The Morgan fingerprint density at radius 2 is 2.28 bits per heavy atom. The summed E-state index contributed by atoms with van der Waals surface area (Å²) in [6.07, 6.45) is 0.447. The number of ether oxygens (including phenoxy) is 1. The Morgan fingerprint density at radius 1 is 1.61 bits per heavy atom. The third-order valence-corrected chi connectivity index (χ3v) is 4.08. The number of aromatic nitrogens is 1. The number of aliphatic hydroxyl groups is 1. The molecule has 1 heterocycles. The number of anilines is 1. The molecule has 1 atom stereocenters. The van der Waals surface area contributed by atoms with E-state index in [4.69, 9.17) is 10.5 Å². The maximum Gasteiger partial charge on any atom is 0.262 e. The molecule has 0 bridgehead atoms. The smallest absolute Gasteiger partial charge is 0.262 e. The lowest BCUT2D eigenvalue weighted by Gasteiger charge is -2.20. The van der Waals surface area contributed by atoms with Crippen molar-refractivity contribution in [3.8, 4) is 0 Å². The zero-order valence-corrected chi connectivity index (χ0v) is 11.1. The van der Waals surface area contributed by atoms with Crippen LogP contribution in [0, 0.1) is 0 Å². The van der Waals surface area contributed by atoms with Gasteiger partial charge in [-0.2, -0.15) is 4.31 Å². The minimum atomic E-state index is -3.80. The van der Waals surface area contributed by atoms with Crippen LogP contribution >= 0.6 is 0 Å². The summed E-state index contributed by atoms with van der Waals surface area (Å²) in [6.45, 7) is -0.0379. The molecule has 0 aromatic carbocycles. The Balaban J connectivity index is 2.90. The van der Waals surface area contributed by atoms with Crippen LogP contribution in [0.4, 0.5) is 5.69 Å². The van der Waals surface area contributed by atoms with Gasteiger partial charge in [-0.15, -0.1) is 0 Å². The van der Waals surface area contributed by atoms with Crippen molar-refractivity contribution in [3.63, 3.8) is 0 Å². The number of aliphatic hydroxyl groups excluding tert-OH is 1. The van der Waals surface area contributed by atoms with Crippen molar-refractivity contribution < 1.29 is 18.3 Å². The van der Waals surface area contributed by atoms with Crippen LogP contribution in [0.25, 0.3) is 0 Å². The summed E-state index contributed by atoms with van der Waals surface area (Å²) in [5.41, 5.74) is 5.65. The first-order valence-electron chi connectivity index (χ1n) is 5.23. The molecular formula is C10H17N3O4S. The van der Waals surface area contributed by atoms with E-state index < -0.39 is 16.1 Å². The van der Waals surface area contributed by atoms with E-state index in [1.54, 1.807) is 6.07 Å². The Bertz CT molecular complexity index is 492. The number of sulfonamides is 1. The first-order chi connectivity index (χ1) is 8.39. The standard InChI is InChI=1S/C10H17N3O4S/c1-13(6-8(14)7-17-2)18(15,16)10-9(11)4-3-5-12-10/h3-5,8,14H,6-7,11H2,1-2H3. The van der Waals surface area contributed by atoms with Crippen LogP contribution in [0.15, 0.2) is 23.4 Å². The van der Waals surface area contributed by atoms with Gasteiger partial charge >= 0.3 is 0 Å². The van der Waals surface area contributed by atoms with Crippen molar-refractivity contribution >= 4 is 15.7 Å². The minimum absolute atomic E-state index is 0.0531. The number of pyridine rings is 1. The van der Waals surface area contributed by atoms with Gasteiger partial charge in [-0.1, -0.05) is 0 Å². The quantitative estimate of drug-likeness (QED) is 0.710. The van der Waals surface area contributed by atoms with Crippen LogP contribution < -0.4 is 5.73 Å². The number of methoxy groups -OCH3 is 1. The summed E-state index contributed by atoms with van der Waals surface area (Å²) < 4.78 is 30.0. The van der Waals surface area contributed by atoms with Gasteiger partial charge < -0.3 is 15.6 Å². The molecule has 0 saturated heterocycles. The lowest BCUT2D eigenvalue weighted by Crippen LogP contribution is -2.36. The number of nitrogen functional groups attached to an aromatic ring is 1. The predicted molar refractivity (Wildman–Crippen MR) is 66.3 cm³/mol. The number of hydrogen-bond donors (Lipinski definition) is 2. The largest absolute Gasteiger partial charge is 0.396 e. The molecule has 0 saturated carbocycles. The third kappa shape index (κ3) is 3.39. The molecule has 102 valence electrons. The Kier molecular flexibility index (Phi) is 5.03. The van der Waals surface area contributed by atoms with Crippen molar-refractivity contribution in [2.45, 2.75) is 11.1 Å². The highest BCUT2D eigenvalue weighted by Crippen LogP contribution is 2.18. The van der Waals surface area contributed by atoms with Crippen LogP contribution in [-0.2, 0) is 14.8 Å². The van der Waals surface area contributed by atoms with Crippen LogP contribution in [0.5, 0.6) is 0 Å². The van der Waals surface area contributed by atoms with E-state index >= 15 is 0 Å². The molecule has 8 heteroatoms. The molecule has 0 aliphatic carbocycles. The number of rotatable bonds is 6. The van der Waals surface area contributed by atoms with E-state index in [2.05, 4.69) is 4.98 Å². The highest BCUT2D eigenvalue weighted by atomic mass is 32.2. The second-order valence-electron chi connectivity index (χ2n) is 3.79. The lowest BCUT2D eigenvalue weighted by atomic mass is 10.4. The van der Waals surface area contributed by atoms with E-state index in [-0.39, 0.29) is 23.9 Å². The first kappa shape index (κ1) is 14.8. The van der Waals surface area contributed by atoms with Crippen molar-refractivity contribution in [3.05, 3.63) is 18.3 Å². The molecule has 0 aliphatic heterocycles. The van der Waals surface area contributed by atoms with Crippen LogP contribution in [0.1, 0.15) is 0 Å². The second-order valence-corrected chi connectivity index (χ2v) is 5.75. The van der Waals surface area contributed by atoms with Crippen molar-refractivity contribution in [1.29, 1.82) is 0 Å². The number of nitrogens with zero attached hydrogens (tertiary/aromatic N) is 2. The van der Waals surface area contributed by atoms with Crippen LogP contribution in [0.3, 0.4) is 0 Å². The molecule has 7 nitrogen and oxygen atoms in total. The highest BCUT2D eigenvalue weighted by molar-refractivity contribution is 7.89. The molecule has 0 fully saturated rings. The average molecular weight is 275 g/mol. The Labute approximate surface area is 106 Å². The maximum absolute atomic E-state index is 12.1. The van der Waals surface area contributed by atoms with Gasteiger partial charge in [0, 0.05) is 26.9 Å². The highest BCUT2D eigenvalue weighted by Gasteiger charge is 2.26. The van der Waals surface area contributed by atoms with Gasteiger partial charge in [0.25, 0.3) is 10.0 Å². The van der Waals surface area contributed by atoms with E-state index in [0.29, 0.717) is 0 Å². The number of nitrogens with two attached hydrogens (primary N) is 1. The Morgan fingerprint density at radius 3 is 2.83 bits per heavy atom. The van der Waals surface area contributed by atoms with Gasteiger partial charge in [0.05, 0.1) is 18.4 Å². The molecule has 0 aliphatic rings. The number of hydrogen-bond acceptors (Lipinski definition) is 6. The third-order valence-electron chi connectivity index (χ3n) is 2.28. The molecule has 1 unspecified atom stereocenters. The molecule has 3 N–H and O–H groups in total. The van der Waals surface area contributed by atoms with Crippen molar-refractivity contribution in [2.75, 3.05) is 33.0 Å². The van der Waals surface area contributed by atoms with Crippen LogP contribution in [-0.4, -0.2) is 56.2 Å². The molecule has 0 spiro atoms. The van der Waals surface area contributed by atoms with E-state index in [9.17, 15) is 13.5 Å². The lowest BCUT2D eigenvalue weighted by molar-refractivity contribution is 0.0554. The fraction of sp³-hybridized carbons (Fsp3) is 0.500. The van der Waals surface area contributed by atoms with Gasteiger partial charge in [-0.3, -0.25) is 0 Å². The van der Waals surface area contributed by atoms with Gasteiger partial charge in [-0.25, -0.2) is 13.4 Å². The van der Waals surface area contributed by atoms with Crippen molar-refractivity contribution in [2.24, 2.45) is 0 Å². The van der Waals surface area contributed by atoms with E-state index in [1.807, 2.05) is 0 Å². The normalized spacial score (nSPS) is 13.8. The fourth-order valence-corrected chi connectivity index (χ4v) is 2.63. The maximum atomic E-state index is 12.1. The van der Waals surface area contributed by atoms with Crippen LogP contribution in [0.2, 0.25) is 0 Å². The summed E-state index contributed by atoms with van der Waals surface area (Å²) in [6, 6.07) is 3.01. The minimum Gasteiger partial charge on any atom is -0.396 e. The fourth-order valence-electron chi connectivity index (χ4n) is 1.41. The molecule has 1 aromatic rings. The van der Waals surface area contributed by atoms with E-state index in [0.717, 1.165) is 4.31 Å². The molecular weight excluding hydrogens is 258 g/mol. The molecule has 1 aromatic heterocycles. The molecule has 1 rings (SSSR count). The van der Waals surface area contributed by atoms with Gasteiger partial charge in [-0.05, 0) is 12.1 Å². The number of likely N-dealkylation sites (N-methyl/N-ethyl adjacent to an activating group) is 1. The zero-order chi connectivity index (χ0) is 13.8. The summed E-state index contributed by atoms with van der Waals surface area (Å²) in [4.78, 5) is 3.76. The molecule has 0 amide bonds. The topological polar surface area (TPSA) is 106 Å². The van der Waals surface area contributed by atoms with Crippen molar-refractivity contribution in [1.82, 2.24) is 9.29 Å². The van der Waals surface area contributed by atoms with Gasteiger partial charge in [0.15, 0.2) is 5.03 Å². The average Bonchev–Trinajstić information content (AvgIpc) is 2.29. The Hall–Kier alpha value is -1.22. The molecule has 18 heavy (non-hydrogen) atoms. The summed E-state index contributed by atoms with van der Waals surface area (Å²) >= 11 is 0. The predicted octanol–water partition coefficient (Wildman–Crippen LogP) is -0.708.